The third-order valence-electron chi connectivity index (χ3n) is 3.34. The Balaban J connectivity index is 1.82. The van der Waals surface area contributed by atoms with Crippen molar-refractivity contribution < 1.29 is 5.11 Å². The van der Waals surface area contributed by atoms with E-state index < -0.39 is 0 Å². The van der Waals surface area contributed by atoms with E-state index in [1.165, 1.54) is 18.4 Å². The van der Waals surface area contributed by atoms with Crippen LogP contribution in [-0.2, 0) is 6.54 Å². The van der Waals surface area contributed by atoms with Crippen molar-refractivity contribution in [2.45, 2.75) is 31.9 Å². The van der Waals surface area contributed by atoms with E-state index >= 15 is 0 Å². The summed E-state index contributed by atoms with van der Waals surface area (Å²) in [5.41, 5.74) is 1.23. The van der Waals surface area contributed by atoms with Gasteiger partial charge in [0, 0.05) is 25.5 Å². The van der Waals surface area contributed by atoms with Crippen molar-refractivity contribution in [3.05, 3.63) is 30.1 Å². The number of pyridine rings is 1. The van der Waals surface area contributed by atoms with E-state index in [9.17, 15) is 5.11 Å². The number of aromatic nitrogens is 1. The third-order valence-corrected chi connectivity index (χ3v) is 3.34. The molecule has 1 N–H and O–H groups in total. The van der Waals surface area contributed by atoms with Crippen LogP contribution in [-0.4, -0.2) is 34.7 Å². The van der Waals surface area contributed by atoms with E-state index in [0.29, 0.717) is 5.92 Å². The minimum absolute atomic E-state index is 0.0867. The summed E-state index contributed by atoms with van der Waals surface area (Å²) in [5.74, 6) is 0.460. The highest BCUT2D eigenvalue weighted by atomic mass is 16.3. The molecule has 1 aliphatic carbocycles. The molecule has 88 valence electrons. The van der Waals surface area contributed by atoms with Gasteiger partial charge in [-0.2, -0.15) is 0 Å². The zero-order chi connectivity index (χ0) is 11.4. The number of aliphatic hydroxyl groups is 1. The first kappa shape index (κ1) is 11.6. The average molecular weight is 220 g/mol. The number of rotatable bonds is 4. The first-order valence-electron chi connectivity index (χ1n) is 6.01. The van der Waals surface area contributed by atoms with Gasteiger partial charge in [0.05, 0.1) is 6.10 Å². The molecule has 16 heavy (non-hydrogen) atoms. The van der Waals surface area contributed by atoms with Crippen LogP contribution in [0.4, 0.5) is 0 Å². The minimum Gasteiger partial charge on any atom is -0.393 e. The summed E-state index contributed by atoms with van der Waals surface area (Å²) in [4.78, 5) is 6.38. The van der Waals surface area contributed by atoms with Crippen LogP contribution >= 0.6 is 0 Å². The Kier molecular flexibility index (Phi) is 3.91. The molecule has 0 amide bonds. The van der Waals surface area contributed by atoms with Crippen molar-refractivity contribution in [1.82, 2.24) is 9.88 Å². The monoisotopic (exact) mass is 220 g/mol. The maximum absolute atomic E-state index is 9.76. The van der Waals surface area contributed by atoms with Crippen LogP contribution in [0.25, 0.3) is 0 Å². The van der Waals surface area contributed by atoms with Crippen molar-refractivity contribution in [3.63, 3.8) is 0 Å². The molecule has 2 rings (SSSR count). The Bertz CT molecular complexity index is 315. The molecule has 1 aliphatic rings. The first-order valence-corrected chi connectivity index (χ1v) is 6.01. The van der Waals surface area contributed by atoms with Crippen LogP contribution in [0.2, 0.25) is 0 Å². The highest BCUT2D eigenvalue weighted by Crippen LogP contribution is 2.26. The Morgan fingerprint density at radius 1 is 1.50 bits per heavy atom. The molecule has 2 atom stereocenters. The molecule has 0 radical (unpaired) electrons. The lowest BCUT2D eigenvalue weighted by molar-refractivity contribution is 0.108. The second-order valence-corrected chi connectivity index (χ2v) is 4.82. The maximum Gasteiger partial charge on any atom is 0.0580 e. The number of hydrogen-bond donors (Lipinski definition) is 1. The van der Waals surface area contributed by atoms with Gasteiger partial charge in [0.1, 0.15) is 0 Å². The molecule has 1 fully saturated rings. The zero-order valence-electron chi connectivity index (χ0n) is 9.84. The van der Waals surface area contributed by atoms with Gasteiger partial charge in [0.2, 0.25) is 0 Å². The average Bonchev–Trinajstić information content (AvgIpc) is 2.66. The molecule has 1 heterocycles. The van der Waals surface area contributed by atoms with Crippen LogP contribution in [0, 0.1) is 5.92 Å². The summed E-state index contributed by atoms with van der Waals surface area (Å²) in [6.45, 7) is 1.90. The van der Waals surface area contributed by atoms with Gasteiger partial charge in [-0.3, -0.25) is 4.98 Å². The van der Waals surface area contributed by atoms with E-state index in [-0.39, 0.29) is 6.10 Å². The summed E-state index contributed by atoms with van der Waals surface area (Å²) in [6.07, 6.45) is 6.93. The topological polar surface area (TPSA) is 36.4 Å². The van der Waals surface area contributed by atoms with Crippen LogP contribution in [0.15, 0.2) is 24.5 Å². The summed E-state index contributed by atoms with van der Waals surface area (Å²) >= 11 is 0. The van der Waals surface area contributed by atoms with E-state index in [1.54, 1.807) is 6.20 Å². The normalized spacial score (nSPS) is 25.2. The molecule has 3 heteroatoms. The standard InChI is InChI=1S/C13H20N2O/c1-15(9-11-4-3-7-14-8-11)10-12-5-2-6-13(12)16/h3-4,7-8,12-13,16H,2,5-6,9-10H2,1H3. The maximum atomic E-state index is 9.76. The minimum atomic E-state index is -0.0867. The fraction of sp³-hybridized carbons (Fsp3) is 0.615. The van der Waals surface area contributed by atoms with E-state index in [2.05, 4.69) is 23.0 Å². The molecule has 0 aliphatic heterocycles. The quantitative estimate of drug-likeness (QED) is 0.838. The van der Waals surface area contributed by atoms with Gasteiger partial charge in [-0.05, 0) is 37.4 Å². The molecule has 0 aromatic carbocycles. The Hall–Kier alpha value is -0.930. The van der Waals surface area contributed by atoms with Gasteiger partial charge in [0.25, 0.3) is 0 Å². The molecule has 0 bridgehead atoms. The number of nitrogens with zero attached hydrogens (tertiary/aromatic N) is 2. The van der Waals surface area contributed by atoms with Gasteiger partial charge in [-0.25, -0.2) is 0 Å². The molecular formula is C13H20N2O. The lowest BCUT2D eigenvalue weighted by atomic mass is 10.1. The van der Waals surface area contributed by atoms with Crippen molar-refractivity contribution in [2.24, 2.45) is 5.92 Å². The zero-order valence-corrected chi connectivity index (χ0v) is 9.84. The van der Waals surface area contributed by atoms with Gasteiger partial charge in [-0.15, -0.1) is 0 Å². The molecular weight excluding hydrogens is 200 g/mol. The number of aliphatic hydroxyl groups excluding tert-OH is 1. The molecule has 1 saturated carbocycles. The lowest BCUT2D eigenvalue weighted by Crippen LogP contribution is -2.29. The van der Waals surface area contributed by atoms with Crippen molar-refractivity contribution >= 4 is 0 Å². The smallest absolute Gasteiger partial charge is 0.0580 e. The third kappa shape index (κ3) is 3.03. The first-order chi connectivity index (χ1) is 7.75. The van der Waals surface area contributed by atoms with Crippen molar-refractivity contribution in [1.29, 1.82) is 0 Å². The molecule has 1 aromatic rings. The van der Waals surface area contributed by atoms with Gasteiger partial charge in [-0.1, -0.05) is 12.5 Å². The Morgan fingerprint density at radius 2 is 2.38 bits per heavy atom. The second kappa shape index (κ2) is 5.41. The van der Waals surface area contributed by atoms with Crippen molar-refractivity contribution in [3.8, 4) is 0 Å². The van der Waals surface area contributed by atoms with Crippen LogP contribution < -0.4 is 0 Å². The Labute approximate surface area is 97.1 Å². The summed E-state index contributed by atoms with van der Waals surface area (Å²) < 4.78 is 0. The van der Waals surface area contributed by atoms with E-state index in [1.807, 2.05) is 12.3 Å². The molecule has 0 spiro atoms. The van der Waals surface area contributed by atoms with E-state index in [0.717, 1.165) is 19.5 Å². The molecule has 3 nitrogen and oxygen atoms in total. The fourth-order valence-electron chi connectivity index (χ4n) is 2.50. The second-order valence-electron chi connectivity index (χ2n) is 4.82. The fourth-order valence-corrected chi connectivity index (χ4v) is 2.50. The predicted octanol–water partition coefficient (Wildman–Crippen LogP) is 1.67. The van der Waals surface area contributed by atoms with Crippen LogP contribution in [0.1, 0.15) is 24.8 Å². The van der Waals surface area contributed by atoms with Gasteiger partial charge in [0.15, 0.2) is 0 Å². The van der Waals surface area contributed by atoms with E-state index in [4.69, 9.17) is 0 Å². The Morgan fingerprint density at radius 3 is 3.00 bits per heavy atom. The predicted molar refractivity (Wildman–Crippen MR) is 63.9 cm³/mol. The van der Waals surface area contributed by atoms with Gasteiger partial charge < -0.3 is 10.0 Å². The van der Waals surface area contributed by atoms with Crippen LogP contribution in [0.5, 0.6) is 0 Å². The number of hydrogen-bond acceptors (Lipinski definition) is 3. The van der Waals surface area contributed by atoms with Gasteiger partial charge >= 0.3 is 0 Å². The lowest BCUT2D eigenvalue weighted by Gasteiger charge is -2.22. The highest BCUT2D eigenvalue weighted by molar-refractivity contribution is 5.07. The summed E-state index contributed by atoms with van der Waals surface area (Å²) in [7, 11) is 2.11. The van der Waals surface area contributed by atoms with Crippen molar-refractivity contribution in [2.75, 3.05) is 13.6 Å². The highest BCUT2D eigenvalue weighted by Gasteiger charge is 2.25. The molecule has 2 unspecified atom stereocenters. The summed E-state index contributed by atoms with van der Waals surface area (Å²) in [5, 5.41) is 9.76. The largest absolute Gasteiger partial charge is 0.393 e. The van der Waals surface area contributed by atoms with Crippen LogP contribution in [0.3, 0.4) is 0 Å². The SMILES string of the molecule is CN(Cc1cccnc1)CC1CCCC1O. The molecule has 1 aromatic heterocycles. The molecule has 0 saturated heterocycles. The summed E-state index contributed by atoms with van der Waals surface area (Å²) in [6, 6.07) is 4.06.